The van der Waals surface area contributed by atoms with Gasteiger partial charge in [0.2, 0.25) is 0 Å². The molecule has 1 aromatic heterocycles. The largest absolute Gasteiger partial charge is 0.497 e. The molecule has 0 aliphatic rings. The third-order valence-electron chi connectivity index (χ3n) is 4.10. The quantitative estimate of drug-likeness (QED) is 0.579. The van der Waals surface area contributed by atoms with Crippen LogP contribution in [0.25, 0.3) is 0 Å². The van der Waals surface area contributed by atoms with Crippen molar-refractivity contribution >= 4 is 29.0 Å². The van der Waals surface area contributed by atoms with Gasteiger partial charge in [-0.05, 0) is 31.2 Å². The number of methoxy groups -OCH3 is 3. The fraction of sp³-hybridized carbons (Fsp3) is 0.190. The van der Waals surface area contributed by atoms with Gasteiger partial charge in [-0.2, -0.15) is 0 Å². The molecule has 0 bridgehead atoms. The Kier molecular flexibility index (Phi) is 6.13. The van der Waals surface area contributed by atoms with Crippen LogP contribution in [-0.4, -0.2) is 37.3 Å². The van der Waals surface area contributed by atoms with Crippen LogP contribution in [0.2, 0.25) is 0 Å². The minimum atomic E-state index is -0.430. The van der Waals surface area contributed by atoms with Crippen molar-refractivity contribution in [2.75, 3.05) is 32.0 Å². The number of anilines is 4. The molecule has 0 aliphatic carbocycles. The smallest absolute Gasteiger partial charge is 0.339 e. The fourth-order valence-electron chi connectivity index (χ4n) is 2.75. The molecule has 0 saturated carbocycles. The van der Waals surface area contributed by atoms with Gasteiger partial charge in [0, 0.05) is 12.1 Å². The Morgan fingerprint density at radius 2 is 1.55 bits per heavy atom. The van der Waals surface area contributed by atoms with E-state index in [1.54, 1.807) is 51.5 Å². The number of aryl methyl sites for hydroxylation is 1. The van der Waals surface area contributed by atoms with Crippen LogP contribution in [0.3, 0.4) is 0 Å². The predicted molar refractivity (Wildman–Crippen MR) is 111 cm³/mol. The first-order chi connectivity index (χ1) is 14.0. The topological polar surface area (TPSA) is 94.6 Å². The molecule has 3 rings (SSSR count). The molecule has 0 fully saturated rings. The second-order valence-electron chi connectivity index (χ2n) is 6.04. The molecule has 0 saturated heterocycles. The summed E-state index contributed by atoms with van der Waals surface area (Å²) in [6.07, 6.45) is 0. The summed E-state index contributed by atoms with van der Waals surface area (Å²) in [5, 5.41) is 6.39. The molecule has 2 N–H and O–H groups in total. The Labute approximate surface area is 168 Å². The van der Waals surface area contributed by atoms with Gasteiger partial charge in [0.25, 0.3) is 0 Å². The first-order valence-electron chi connectivity index (χ1n) is 8.83. The van der Waals surface area contributed by atoms with Gasteiger partial charge in [0.1, 0.15) is 29.0 Å². The summed E-state index contributed by atoms with van der Waals surface area (Å²) in [6, 6.07) is 14.2. The molecule has 0 aliphatic heterocycles. The summed E-state index contributed by atoms with van der Waals surface area (Å²) in [5.74, 6) is 2.53. The lowest BCUT2D eigenvalue weighted by atomic mass is 10.2. The van der Waals surface area contributed by atoms with Crippen LogP contribution in [0.5, 0.6) is 11.5 Å². The summed E-state index contributed by atoms with van der Waals surface area (Å²) in [6.45, 7) is 1.79. The van der Waals surface area contributed by atoms with E-state index in [0.29, 0.717) is 40.2 Å². The highest BCUT2D eigenvalue weighted by Gasteiger charge is 2.13. The zero-order valence-electron chi connectivity index (χ0n) is 16.6. The Morgan fingerprint density at radius 1 is 0.862 bits per heavy atom. The third-order valence-corrected chi connectivity index (χ3v) is 4.10. The van der Waals surface area contributed by atoms with Crippen LogP contribution in [0.4, 0.5) is 23.0 Å². The normalized spacial score (nSPS) is 10.2. The first kappa shape index (κ1) is 19.9. The van der Waals surface area contributed by atoms with Crippen molar-refractivity contribution in [3.05, 3.63) is 59.9 Å². The molecule has 3 aromatic rings. The van der Waals surface area contributed by atoms with Crippen molar-refractivity contribution in [2.45, 2.75) is 6.92 Å². The number of ether oxygens (including phenoxy) is 3. The second kappa shape index (κ2) is 8.92. The molecule has 150 valence electrons. The van der Waals surface area contributed by atoms with Crippen LogP contribution in [-0.2, 0) is 4.74 Å². The molecule has 2 aromatic carbocycles. The number of nitrogens with one attached hydrogen (secondary N) is 2. The highest BCUT2D eigenvalue weighted by Crippen LogP contribution is 2.31. The van der Waals surface area contributed by atoms with Crippen LogP contribution < -0.4 is 20.1 Å². The van der Waals surface area contributed by atoms with Gasteiger partial charge < -0.3 is 24.8 Å². The van der Waals surface area contributed by atoms with Crippen LogP contribution >= 0.6 is 0 Å². The zero-order chi connectivity index (χ0) is 20.8. The average Bonchev–Trinajstić information content (AvgIpc) is 2.73. The molecule has 8 heteroatoms. The molecular formula is C21H22N4O4. The van der Waals surface area contributed by atoms with Crippen LogP contribution in [0.1, 0.15) is 16.2 Å². The number of benzene rings is 2. The Morgan fingerprint density at radius 3 is 2.21 bits per heavy atom. The van der Waals surface area contributed by atoms with E-state index in [2.05, 4.69) is 20.6 Å². The molecule has 0 amide bonds. The summed E-state index contributed by atoms with van der Waals surface area (Å²) in [5.41, 5.74) is 1.73. The van der Waals surface area contributed by atoms with Gasteiger partial charge in [-0.25, -0.2) is 14.8 Å². The van der Waals surface area contributed by atoms with Gasteiger partial charge in [-0.15, -0.1) is 0 Å². The van der Waals surface area contributed by atoms with E-state index < -0.39 is 5.97 Å². The van der Waals surface area contributed by atoms with Crippen molar-refractivity contribution in [3.63, 3.8) is 0 Å². The number of esters is 1. The first-order valence-corrected chi connectivity index (χ1v) is 8.83. The Balaban J connectivity index is 1.89. The van der Waals surface area contributed by atoms with Crippen molar-refractivity contribution in [1.29, 1.82) is 0 Å². The number of hydrogen-bond donors (Lipinski definition) is 2. The molecule has 8 nitrogen and oxygen atoms in total. The number of rotatable bonds is 7. The van der Waals surface area contributed by atoms with Crippen LogP contribution in [0, 0.1) is 6.92 Å². The van der Waals surface area contributed by atoms with Crippen molar-refractivity contribution in [2.24, 2.45) is 0 Å². The summed E-state index contributed by atoms with van der Waals surface area (Å²) < 4.78 is 15.5. The third kappa shape index (κ3) is 4.73. The van der Waals surface area contributed by atoms with Crippen LogP contribution in [0.15, 0.2) is 48.5 Å². The Hall–Kier alpha value is -3.81. The Bertz CT molecular complexity index is 1020. The maximum Gasteiger partial charge on any atom is 0.339 e. The van der Waals surface area contributed by atoms with E-state index in [-0.39, 0.29) is 0 Å². The lowest BCUT2D eigenvalue weighted by Gasteiger charge is -2.14. The van der Waals surface area contributed by atoms with Crippen molar-refractivity contribution in [1.82, 2.24) is 9.97 Å². The van der Waals surface area contributed by atoms with E-state index >= 15 is 0 Å². The number of carbonyl (C=O) groups is 1. The number of hydrogen-bond acceptors (Lipinski definition) is 8. The van der Waals surface area contributed by atoms with Gasteiger partial charge in [-0.1, -0.05) is 12.1 Å². The van der Waals surface area contributed by atoms with Crippen molar-refractivity contribution in [3.8, 4) is 11.5 Å². The number of carbonyl (C=O) groups excluding carboxylic acids is 1. The standard InChI is InChI=1S/C21H22N4O4/c1-13-22-19(24-16-8-6-5-7-15(16)21(26)29-4)12-20(23-13)25-17-10-9-14(27-2)11-18(17)28-3/h5-12H,1-4H3,(H2,22,23,24,25). The molecule has 0 spiro atoms. The minimum Gasteiger partial charge on any atom is -0.497 e. The molecule has 0 radical (unpaired) electrons. The van der Waals surface area contributed by atoms with Gasteiger partial charge in [0.15, 0.2) is 0 Å². The molecule has 29 heavy (non-hydrogen) atoms. The number of para-hydroxylation sites is 1. The molecule has 0 atom stereocenters. The van der Waals surface area contributed by atoms with Gasteiger partial charge >= 0.3 is 5.97 Å². The van der Waals surface area contributed by atoms with E-state index in [9.17, 15) is 4.79 Å². The SMILES string of the molecule is COC(=O)c1ccccc1Nc1cc(Nc2ccc(OC)cc2OC)nc(C)n1. The maximum absolute atomic E-state index is 12.0. The molecule has 1 heterocycles. The summed E-state index contributed by atoms with van der Waals surface area (Å²) in [4.78, 5) is 20.8. The maximum atomic E-state index is 12.0. The van der Waals surface area contributed by atoms with Crippen molar-refractivity contribution < 1.29 is 19.0 Å². The lowest BCUT2D eigenvalue weighted by Crippen LogP contribution is -2.07. The molecule has 0 unspecified atom stereocenters. The zero-order valence-corrected chi connectivity index (χ0v) is 16.6. The average molecular weight is 394 g/mol. The lowest BCUT2D eigenvalue weighted by molar-refractivity contribution is 0.0602. The fourth-order valence-corrected chi connectivity index (χ4v) is 2.75. The number of aromatic nitrogens is 2. The van der Waals surface area contributed by atoms with E-state index in [4.69, 9.17) is 14.2 Å². The molecular weight excluding hydrogens is 372 g/mol. The second-order valence-corrected chi connectivity index (χ2v) is 6.04. The van der Waals surface area contributed by atoms with E-state index in [1.807, 2.05) is 18.2 Å². The highest BCUT2D eigenvalue weighted by molar-refractivity contribution is 5.96. The minimum absolute atomic E-state index is 0.414. The monoisotopic (exact) mass is 394 g/mol. The van der Waals surface area contributed by atoms with Gasteiger partial charge in [-0.3, -0.25) is 0 Å². The predicted octanol–water partition coefficient (Wildman–Crippen LogP) is 4.08. The number of nitrogens with zero attached hydrogens (tertiary/aromatic N) is 2. The van der Waals surface area contributed by atoms with E-state index in [0.717, 1.165) is 5.69 Å². The summed E-state index contributed by atoms with van der Waals surface area (Å²) in [7, 11) is 4.53. The highest BCUT2D eigenvalue weighted by atomic mass is 16.5. The van der Waals surface area contributed by atoms with Gasteiger partial charge in [0.05, 0.1) is 38.3 Å². The van der Waals surface area contributed by atoms with E-state index in [1.165, 1.54) is 7.11 Å². The summed E-state index contributed by atoms with van der Waals surface area (Å²) >= 11 is 0.